The van der Waals surface area contributed by atoms with Gasteiger partial charge >= 0.3 is 0 Å². The molecule has 0 spiro atoms. The molecule has 0 aromatic carbocycles. The summed E-state index contributed by atoms with van der Waals surface area (Å²) in [6, 6.07) is 3.58. The van der Waals surface area contributed by atoms with Gasteiger partial charge in [0.25, 0.3) is 0 Å². The highest BCUT2D eigenvalue weighted by atomic mass is 28.4. The third-order valence-electron chi connectivity index (χ3n) is 11.7. The Morgan fingerprint density at radius 3 is 1.88 bits per heavy atom. The summed E-state index contributed by atoms with van der Waals surface area (Å²) in [4.78, 5) is 0. The van der Waals surface area contributed by atoms with Gasteiger partial charge in [0.1, 0.15) is 0 Å². The lowest BCUT2D eigenvalue weighted by Gasteiger charge is -2.40. The van der Waals surface area contributed by atoms with Gasteiger partial charge in [-0.15, -0.1) is 0 Å². The number of hydrogen-bond donors (Lipinski definition) is 0. The van der Waals surface area contributed by atoms with Crippen molar-refractivity contribution in [3.8, 4) is 0 Å². The standard InChI is InChI=1S/C35H70O3Si3/c1-16-20-21-22-28(36-39(12,13)34(6,7)8)23-24-29-30-25-27(5)33(38-41(17-2,18-3)19-4)31(30)26-32(29)37-40(14,15)35(9,10)11/h23-24,28-33H,5,16-22,25-26H2,1-4,6-15H3/b24-23+/t28-,29-,30+,31-,32+,33?/m0/s1. The molecule has 0 radical (unpaired) electrons. The minimum absolute atomic E-state index is 0.187. The zero-order valence-corrected chi connectivity index (χ0v) is 32.9. The Balaban J connectivity index is 2.44. The summed E-state index contributed by atoms with van der Waals surface area (Å²) in [6.07, 6.45) is 12.7. The first-order valence-electron chi connectivity index (χ1n) is 17.2. The lowest BCUT2D eigenvalue weighted by molar-refractivity contribution is 0.133. The molecule has 0 aromatic heterocycles. The van der Waals surface area contributed by atoms with Gasteiger partial charge in [0, 0.05) is 5.92 Å². The van der Waals surface area contributed by atoms with Crippen LogP contribution in [-0.4, -0.2) is 43.3 Å². The maximum Gasteiger partial charge on any atom is 0.192 e. The number of hydrogen-bond acceptors (Lipinski definition) is 3. The topological polar surface area (TPSA) is 27.7 Å². The zero-order chi connectivity index (χ0) is 31.4. The summed E-state index contributed by atoms with van der Waals surface area (Å²) >= 11 is 0. The monoisotopic (exact) mass is 622 g/mol. The Morgan fingerprint density at radius 1 is 0.829 bits per heavy atom. The molecular formula is C35H70O3Si3. The minimum Gasteiger partial charge on any atom is -0.413 e. The van der Waals surface area contributed by atoms with E-state index in [2.05, 4.69) is 114 Å². The van der Waals surface area contributed by atoms with Gasteiger partial charge in [0.2, 0.25) is 0 Å². The van der Waals surface area contributed by atoms with E-state index in [-0.39, 0.29) is 28.4 Å². The van der Waals surface area contributed by atoms with Crippen LogP contribution < -0.4 is 0 Å². The first kappa shape index (κ1) is 37.2. The molecule has 0 aliphatic heterocycles. The predicted molar refractivity (Wildman–Crippen MR) is 188 cm³/mol. The first-order chi connectivity index (χ1) is 18.8. The van der Waals surface area contributed by atoms with E-state index in [1.807, 2.05) is 0 Å². The molecule has 2 aliphatic carbocycles. The third-order valence-corrected chi connectivity index (χ3v) is 25.4. The minimum atomic E-state index is -1.92. The van der Waals surface area contributed by atoms with E-state index in [9.17, 15) is 0 Å². The van der Waals surface area contributed by atoms with Crippen molar-refractivity contribution in [2.75, 3.05) is 0 Å². The van der Waals surface area contributed by atoms with Crippen molar-refractivity contribution in [3.05, 3.63) is 24.3 Å². The summed E-state index contributed by atoms with van der Waals surface area (Å²) in [6.45, 7) is 37.8. The second-order valence-electron chi connectivity index (χ2n) is 16.5. The summed E-state index contributed by atoms with van der Waals surface area (Å²) in [7, 11) is -5.53. The van der Waals surface area contributed by atoms with E-state index in [4.69, 9.17) is 13.3 Å². The molecule has 6 atom stereocenters. The summed E-state index contributed by atoms with van der Waals surface area (Å²) in [5, 5.41) is 0.402. The van der Waals surface area contributed by atoms with Crippen LogP contribution in [0.3, 0.4) is 0 Å². The van der Waals surface area contributed by atoms with Crippen LogP contribution in [0.1, 0.15) is 108 Å². The second kappa shape index (κ2) is 14.4. The third kappa shape index (κ3) is 9.03. The fourth-order valence-electron chi connectivity index (χ4n) is 6.50. The maximum absolute atomic E-state index is 7.27. The molecule has 2 rings (SSSR count). The second-order valence-corrected chi connectivity index (χ2v) is 30.7. The van der Waals surface area contributed by atoms with E-state index in [0.717, 1.165) is 19.3 Å². The highest BCUT2D eigenvalue weighted by Crippen LogP contribution is 2.54. The van der Waals surface area contributed by atoms with E-state index in [1.165, 1.54) is 43.0 Å². The molecule has 0 heterocycles. The van der Waals surface area contributed by atoms with Crippen LogP contribution >= 0.6 is 0 Å². The summed E-state index contributed by atoms with van der Waals surface area (Å²) in [5.74, 6) is 1.47. The molecule has 41 heavy (non-hydrogen) atoms. The normalized spacial score (nSPS) is 27.2. The average molecular weight is 623 g/mol. The largest absolute Gasteiger partial charge is 0.413 e. The molecule has 1 unspecified atom stereocenters. The van der Waals surface area contributed by atoms with Crippen molar-refractivity contribution in [1.82, 2.24) is 0 Å². The summed E-state index contributed by atoms with van der Waals surface area (Å²) in [5.41, 5.74) is 1.34. The number of unbranched alkanes of at least 4 members (excludes halogenated alkanes) is 2. The van der Waals surface area contributed by atoms with Gasteiger partial charge in [-0.3, -0.25) is 0 Å². The van der Waals surface area contributed by atoms with Gasteiger partial charge in [-0.1, -0.05) is 107 Å². The Kier molecular flexibility index (Phi) is 13.1. The van der Waals surface area contributed by atoms with E-state index in [0.29, 0.717) is 17.8 Å². The molecule has 0 aromatic rings. The summed E-state index contributed by atoms with van der Waals surface area (Å²) < 4.78 is 21.5. The van der Waals surface area contributed by atoms with Crippen LogP contribution in [0.2, 0.25) is 54.4 Å². The van der Waals surface area contributed by atoms with Crippen LogP contribution in [0, 0.1) is 17.8 Å². The lowest BCUT2D eigenvalue weighted by Crippen LogP contribution is -2.45. The zero-order valence-electron chi connectivity index (χ0n) is 29.9. The van der Waals surface area contributed by atoms with Gasteiger partial charge in [0.15, 0.2) is 25.0 Å². The van der Waals surface area contributed by atoms with Crippen LogP contribution in [-0.2, 0) is 13.3 Å². The van der Waals surface area contributed by atoms with Crippen molar-refractivity contribution in [2.24, 2.45) is 17.8 Å². The fraction of sp³-hybridized carbons (Fsp3) is 0.886. The Hall–Kier alpha value is 0.0106. The fourth-order valence-corrected chi connectivity index (χ4v) is 12.1. The predicted octanol–water partition coefficient (Wildman–Crippen LogP) is 11.5. The van der Waals surface area contributed by atoms with Gasteiger partial charge in [-0.25, -0.2) is 0 Å². The van der Waals surface area contributed by atoms with E-state index in [1.54, 1.807) is 0 Å². The van der Waals surface area contributed by atoms with Gasteiger partial charge in [-0.2, -0.15) is 0 Å². The van der Waals surface area contributed by atoms with Crippen LogP contribution in [0.25, 0.3) is 0 Å². The molecular weight excluding hydrogens is 553 g/mol. The van der Waals surface area contributed by atoms with Gasteiger partial charge in [0.05, 0.1) is 18.3 Å². The first-order valence-corrected chi connectivity index (χ1v) is 25.5. The van der Waals surface area contributed by atoms with Crippen molar-refractivity contribution in [2.45, 2.75) is 180 Å². The SMILES string of the molecule is C=C1C[C@@H]2[C@H](/C=C/[C@H](CCCCC)O[Si](C)(C)C(C)(C)C)[C@H](O[Si](C)(C)C(C)(C)C)C[C@@H]2C1O[Si](CC)(CC)CC. The highest BCUT2D eigenvalue weighted by molar-refractivity contribution is 6.74. The molecule has 3 nitrogen and oxygen atoms in total. The molecule has 0 amide bonds. The Morgan fingerprint density at radius 2 is 1.39 bits per heavy atom. The molecule has 240 valence electrons. The van der Waals surface area contributed by atoms with Crippen LogP contribution in [0.4, 0.5) is 0 Å². The average Bonchev–Trinajstić information content (AvgIpc) is 3.33. The smallest absolute Gasteiger partial charge is 0.192 e. The highest BCUT2D eigenvalue weighted by Gasteiger charge is 2.54. The van der Waals surface area contributed by atoms with Crippen molar-refractivity contribution in [1.29, 1.82) is 0 Å². The molecule has 2 aliphatic rings. The molecule has 6 heteroatoms. The number of rotatable bonds is 15. The lowest BCUT2D eigenvalue weighted by atomic mass is 9.90. The molecule has 0 saturated heterocycles. The van der Waals surface area contributed by atoms with E-state index >= 15 is 0 Å². The van der Waals surface area contributed by atoms with E-state index < -0.39 is 25.0 Å². The van der Waals surface area contributed by atoms with Gasteiger partial charge in [-0.05, 0) is 91.1 Å². The van der Waals surface area contributed by atoms with Crippen LogP contribution in [0.5, 0.6) is 0 Å². The van der Waals surface area contributed by atoms with Crippen molar-refractivity contribution < 1.29 is 13.3 Å². The molecule has 0 N–H and O–H groups in total. The van der Waals surface area contributed by atoms with Crippen molar-refractivity contribution >= 4 is 25.0 Å². The maximum atomic E-state index is 7.27. The molecule has 0 bridgehead atoms. The Labute approximate surface area is 260 Å². The molecule has 2 fully saturated rings. The van der Waals surface area contributed by atoms with Crippen molar-refractivity contribution in [3.63, 3.8) is 0 Å². The Bertz CT molecular complexity index is 855. The van der Waals surface area contributed by atoms with Crippen LogP contribution in [0.15, 0.2) is 24.3 Å². The molecule has 2 saturated carbocycles. The van der Waals surface area contributed by atoms with Gasteiger partial charge < -0.3 is 13.3 Å². The number of fused-ring (bicyclic) bond motifs is 1. The quantitative estimate of drug-likeness (QED) is 0.103.